The molecule has 2 N–H and O–H groups in total. The number of hydrogen-bond donors (Lipinski definition) is 2. The zero-order chi connectivity index (χ0) is 15.6. The van der Waals surface area contributed by atoms with Crippen molar-refractivity contribution in [2.45, 2.75) is 6.92 Å². The number of rotatable bonds is 3. The Hall–Kier alpha value is -2.60. The lowest BCUT2D eigenvalue weighted by atomic mass is 10.1. The number of hydrogen-bond acceptors (Lipinski definition) is 4. The Labute approximate surface area is 125 Å². The first kappa shape index (κ1) is 14.8. The van der Waals surface area contributed by atoms with Gasteiger partial charge < -0.3 is 10.4 Å². The second-order valence-corrected chi connectivity index (χ2v) is 4.80. The minimum atomic E-state index is -0.580. The summed E-state index contributed by atoms with van der Waals surface area (Å²) in [4.78, 5) is 22.1. The molecular formula is C14H11ClN2O4. The summed E-state index contributed by atoms with van der Waals surface area (Å²) in [6, 6.07) is 8.35. The Bertz CT molecular complexity index is 731. The highest BCUT2D eigenvalue weighted by molar-refractivity contribution is 6.34. The molecule has 0 aliphatic rings. The van der Waals surface area contributed by atoms with Crippen molar-refractivity contribution in [2.24, 2.45) is 0 Å². The van der Waals surface area contributed by atoms with Gasteiger partial charge in [-0.25, -0.2) is 0 Å². The molecule has 2 aromatic rings. The van der Waals surface area contributed by atoms with Crippen molar-refractivity contribution in [3.05, 3.63) is 62.7 Å². The van der Waals surface area contributed by atoms with Gasteiger partial charge in [-0.3, -0.25) is 14.9 Å². The van der Waals surface area contributed by atoms with Crippen molar-refractivity contribution >= 4 is 28.9 Å². The van der Waals surface area contributed by atoms with Crippen LogP contribution in [-0.2, 0) is 0 Å². The molecule has 0 aliphatic carbocycles. The van der Waals surface area contributed by atoms with Gasteiger partial charge in [0.25, 0.3) is 11.6 Å². The van der Waals surface area contributed by atoms with E-state index in [-0.39, 0.29) is 27.7 Å². The molecular weight excluding hydrogens is 296 g/mol. The van der Waals surface area contributed by atoms with Gasteiger partial charge in [0.2, 0.25) is 0 Å². The predicted octanol–water partition coefficient (Wildman–Crippen LogP) is 3.51. The Morgan fingerprint density at radius 1 is 1.29 bits per heavy atom. The third-order valence-corrected chi connectivity index (χ3v) is 3.12. The van der Waals surface area contributed by atoms with Gasteiger partial charge in [-0.1, -0.05) is 17.7 Å². The quantitative estimate of drug-likeness (QED) is 0.670. The topological polar surface area (TPSA) is 92.5 Å². The number of anilines is 1. The van der Waals surface area contributed by atoms with Crippen molar-refractivity contribution in [1.82, 2.24) is 0 Å². The lowest BCUT2D eigenvalue weighted by Crippen LogP contribution is -2.12. The molecule has 0 bridgehead atoms. The zero-order valence-electron chi connectivity index (χ0n) is 11.0. The first-order valence-corrected chi connectivity index (χ1v) is 6.31. The summed E-state index contributed by atoms with van der Waals surface area (Å²) in [7, 11) is 0. The van der Waals surface area contributed by atoms with Crippen LogP contribution < -0.4 is 5.32 Å². The van der Waals surface area contributed by atoms with Gasteiger partial charge in [0, 0.05) is 12.1 Å². The fraction of sp³-hybridized carbons (Fsp3) is 0.0714. The third-order valence-electron chi connectivity index (χ3n) is 2.81. The van der Waals surface area contributed by atoms with Crippen LogP contribution in [0.15, 0.2) is 36.4 Å². The number of benzene rings is 2. The summed E-state index contributed by atoms with van der Waals surface area (Å²) in [5, 5.41) is 22.9. The van der Waals surface area contributed by atoms with E-state index in [0.29, 0.717) is 0 Å². The summed E-state index contributed by atoms with van der Waals surface area (Å²) in [6.07, 6.45) is 0. The molecule has 0 saturated heterocycles. The maximum atomic E-state index is 12.1. The highest BCUT2D eigenvalue weighted by Gasteiger charge is 2.15. The van der Waals surface area contributed by atoms with Crippen LogP contribution in [-0.4, -0.2) is 15.9 Å². The first-order valence-electron chi connectivity index (χ1n) is 5.93. The van der Waals surface area contributed by atoms with Crippen LogP contribution in [0.3, 0.4) is 0 Å². The number of nitrogens with zero attached hydrogens (tertiary/aromatic N) is 1. The average molecular weight is 307 g/mol. The van der Waals surface area contributed by atoms with Crippen LogP contribution in [0.1, 0.15) is 15.9 Å². The molecule has 108 valence electrons. The summed E-state index contributed by atoms with van der Waals surface area (Å²) in [5.74, 6) is -0.700. The van der Waals surface area contributed by atoms with E-state index in [1.165, 1.54) is 24.3 Å². The number of halogens is 1. The maximum absolute atomic E-state index is 12.1. The van der Waals surface area contributed by atoms with Gasteiger partial charge in [0.05, 0.1) is 21.2 Å². The van der Waals surface area contributed by atoms with E-state index in [1.54, 1.807) is 13.0 Å². The molecule has 21 heavy (non-hydrogen) atoms. The molecule has 0 aromatic heterocycles. The number of nitrogens with one attached hydrogen (secondary N) is 1. The highest BCUT2D eigenvalue weighted by Crippen LogP contribution is 2.28. The van der Waals surface area contributed by atoms with Gasteiger partial charge in [-0.15, -0.1) is 0 Å². The van der Waals surface area contributed by atoms with Crippen LogP contribution in [0.25, 0.3) is 0 Å². The van der Waals surface area contributed by atoms with Crippen LogP contribution in [0.2, 0.25) is 5.02 Å². The van der Waals surface area contributed by atoms with Crippen LogP contribution in [0, 0.1) is 17.0 Å². The van der Waals surface area contributed by atoms with Gasteiger partial charge in [0.1, 0.15) is 5.75 Å². The Balaban J connectivity index is 2.25. The van der Waals surface area contributed by atoms with Gasteiger partial charge in [0.15, 0.2) is 0 Å². The number of aryl methyl sites for hydroxylation is 1. The number of nitro benzene ring substituents is 1. The first-order chi connectivity index (χ1) is 9.88. The Kier molecular flexibility index (Phi) is 4.09. The Morgan fingerprint density at radius 3 is 2.57 bits per heavy atom. The van der Waals surface area contributed by atoms with Crippen molar-refractivity contribution in [2.75, 3.05) is 5.32 Å². The fourth-order valence-electron chi connectivity index (χ4n) is 1.74. The summed E-state index contributed by atoms with van der Waals surface area (Å²) in [6.45, 7) is 1.79. The molecule has 2 aromatic carbocycles. The molecule has 0 fully saturated rings. The minimum absolute atomic E-state index is 0.0455. The highest BCUT2D eigenvalue weighted by atomic mass is 35.5. The van der Waals surface area contributed by atoms with Gasteiger partial charge in [-0.05, 0) is 30.7 Å². The maximum Gasteiger partial charge on any atom is 0.271 e. The summed E-state index contributed by atoms with van der Waals surface area (Å²) in [5.41, 5.74) is 0.968. The van der Waals surface area contributed by atoms with Crippen LogP contribution in [0.4, 0.5) is 11.4 Å². The molecule has 2 rings (SSSR count). The lowest BCUT2D eigenvalue weighted by molar-refractivity contribution is -0.384. The van der Waals surface area contributed by atoms with Crippen molar-refractivity contribution < 1.29 is 14.8 Å². The third kappa shape index (κ3) is 3.29. The van der Waals surface area contributed by atoms with Crippen LogP contribution >= 0.6 is 11.6 Å². The van der Waals surface area contributed by atoms with Gasteiger partial charge >= 0.3 is 0 Å². The standard InChI is InChI=1S/C14H11ClN2O4/c1-8-2-4-10(13(18)6-8)14(19)16-12-5-3-9(17(20)21)7-11(12)15/h2-7,18H,1H3,(H,16,19). The van der Waals surface area contributed by atoms with Gasteiger partial charge in [-0.2, -0.15) is 0 Å². The number of phenolic OH excluding ortho intramolecular Hbond substituents is 1. The minimum Gasteiger partial charge on any atom is -0.507 e. The van der Waals surface area contributed by atoms with E-state index >= 15 is 0 Å². The molecule has 0 saturated carbocycles. The molecule has 0 heterocycles. The van der Waals surface area contributed by atoms with E-state index in [9.17, 15) is 20.0 Å². The summed E-state index contributed by atoms with van der Waals surface area (Å²) < 4.78 is 0. The number of non-ortho nitro benzene ring substituents is 1. The molecule has 0 aliphatic heterocycles. The lowest BCUT2D eigenvalue weighted by Gasteiger charge is -2.08. The number of nitro groups is 1. The largest absolute Gasteiger partial charge is 0.507 e. The number of amides is 1. The molecule has 0 atom stereocenters. The fourth-order valence-corrected chi connectivity index (χ4v) is 1.96. The van der Waals surface area contributed by atoms with E-state index in [1.807, 2.05) is 0 Å². The average Bonchev–Trinajstić information content (AvgIpc) is 2.40. The monoisotopic (exact) mass is 306 g/mol. The second-order valence-electron chi connectivity index (χ2n) is 4.40. The number of carbonyl (C=O) groups is 1. The SMILES string of the molecule is Cc1ccc(C(=O)Nc2ccc([N+](=O)[O-])cc2Cl)c(O)c1. The molecule has 0 unspecified atom stereocenters. The predicted molar refractivity (Wildman–Crippen MR) is 78.9 cm³/mol. The smallest absolute Gasteiger partial charge is 0.271 e. The van der Waals surface area contributed by atoms with Crippen molar-refractivity contribution in [3.63, 3.8) is 0 Å². The van der Waals surface area contributed by atoms with Crippen LogP contribution in [0.5, 0.6) is 5.75 Å². The number of aromatic hydroxyl groups is 1. The number of phenols is 1. The van der Waals surface area contributed by atoms with Crippen molar-refractivity contribution in [3.8, 4) is 5.75 Å². The Morgan fingerprint density at radius 2 is 2.00 bits per heavy atom. The molecule has 0 radical (unpaired) electrons. The number of carbonyl (C=O) groups excluding carboxylic acids is 1. The second kappa shape index (κ2) is 5.80. The molecule has 7 heteroatoms. The zero-order valence-corrected chi connectivity index (χ0v) is 11.7. The van der Waals surface area contributed by atoms with E-state index in [2.05, 4.69) is 5.32 Å². The van der Waals surface area contributed by atoms with E-state index < -0.39 is 10.8 Å². The molecule has 6 nitrogen and oxygen atoms in total. The summed E-state index contributed by atoms with van der Waals surface area (Å²) >= 11 is 5.89. The normalized spacial score (nSPS) is 10.2. The molecule has 0 spiro atoms. The van der Waals surface area contributed by atoms with E-state index in [4.69, 9.17) is 11.6 Å². The van der Waals surface area contributed by atoms with Crippen molar-refractivity contribution in [1.29, 1.82) is 0 Å². The van der Waals surface area contributed by atoms with E-state index in [0.717, 1.165) is 11.6 Å². The molecule has 1 amide bonds.